The zero-order valence-electron chi connectivity index (χ0n) is 23.2. The van der Waals surface area contributed by atoms with Gasteiger partial charge < -0.3 is 5.11 Å². The van der Waals surface area contributed by atoms with Crippen LogP contribution in [0.5, 0.6) is 5.88 Å². The maximum atomic E-state index is 12.4. The largest absolute Gasteiger partial charge is 0.492 e. The van der Waals surface area contributed by atoms with Crippen molar-refractivity contribution in [2.75, 3.05) is 0 Å². The van der Waals surface area contributed by atoms with E-state index >= 15 is 0 Å². The number of hydrogen-bond donors (Lipinski definition) is 2. The molecule has 0 aliphatic carbocycles. The Morgan fingerprint density at radius 1 is 0.773 bits per heavy atom. The highest BCUT2D eigenvalue weighted by molar-refractivity contribution is 7.86. The van der Waals surface area contributed by atoms with Gasteiger partial charge in [0.15, 0.2) is 5.69 Å². The minimum atomic E-state index is -4.68. The number of rotatable bonds is 6. The number of hydrogen-bond acceptors (Lipinski definition) is 10. The Bertz CT molecular complexity index is 2360. The minimum absolute atomic E-state index is 0.0736. The van der Waals surface area contributed by atoms with E-state index in [1.807, 2.05) is 36.4 Å². The molecule has 3 heterocycles. The summed E-state index contributed by atoms with van der Waals surface area (Å²) in [6.45, 7) is 3.70. The lowest BCUT2D eigenvalue weighted by molar-refractivity contribution is 0.434. The van der Waals surface area contributed by atoms with Gasteiger partial charge in [0.1, 0.15) is 20.6 Å². The maximum Gasteiger partial charge on any atom is 0.296 e. The SMILES string of the molecule is Cc1ccc2nc(-c3ccc4sc(-c5ccc(N=Nc6c(C)nn(-c7ccccc7)c6O)c(S(=O)(=O)O)c5)nc4c3)sc2c1. The molecule has 7 rings (SSSR count). The molecule has 0 fully saturated rings. The van der Waals surface area contributed by atoms with Gasteiger partial charge in [0.2, 0.25) is 5.88 Å². The number of nitrogens with zero attached hydrogens (tertiary/aromatic N) is 6. The van der Waals surface area contributed by atoms with Gasteiger partial charge in [0.05, 0.1) is 31.8 Å². The van der Waals surface area contributed by atoms with E-state index in [1.165, 1.54) is 33.7 Å². The lowest BCUT2D eigenvalue weighted by atomic mass is 10.2. The van der Waals surface area contributed by atoms with Gasteiger partial charge in [-0.15, -0.1) is 32.9 Å². The highest BCUT2D eigenvalue weighted by atomic mass is 32.2. The lowest BCUT2D eigenvalue weighted by Crippen LogP contribution is -1.98. The summed E-state index contributed by atoms with van der Waals surface area (Å²) in [4.78, 5) is 9.10. The van der Waals surface area contributed by atoms with Crippen LogP contribution < -0.4 is 0 Å². The second-order valence-electron chi connectivity index (χ2n) is 10.1. The van der Waals surface area contributed by atoms with Crippen LogP contribution in [0.3, 0.4) is 0 Å². The van der Waals surface area contributed by atoms with Crippen LogP contribution >= 0.6 is 22.7 Å². The molecule has 2 N–H and O–H groups in total. The first-order valence-corrected chi connectivity index (χ1v) is 16.4. The number of aryl methyl sites for hydroxylation is 2. The van der Waals surface area contributed by atoms with E-state index in [-0.39, 0.29) is 17.3 Å². The van der Waals surface area contributed by atoms with Crippen molar-refractivity contribution in [1.29, 1.82) is 0 Å². The van der Waals surface area contributed by atoms with Crippen LogP contribution in [-0.4, -0.2) is 37.8 Å². The predicted octanol–water partition coefficient (Wildman–Crippen LogP) is 8.41. The van der Waals surface area contributed by atoms with Crippen LogP contribution in [0, 0.1) is 13.8 Å². The molecule has 10 nitrogen and oxygen atoms in total. The second-order valence-corrected chi connectivity index (χ2v) is 13.5. The molecule has 0 bridgehead atoms. The third-order valence-electron chi connectivity index (χ3n) is 6.93. The Labute approximate surface area is 259 Å². The number of aromatic nitrogens is 4. The van der Waals surface area contributed by atoms with Crippen molar-refractivity contribution >= 4 is 64.6 Å². The van der Waals surface area contributed by atoms with Gasteiger partial charge in [0.25, 0.3) is 10.1 Å². The zero-order valence-corrected chi connectivity index (χ0v) is 25.7. The van der Waals surface area contributed by atoms with Crippen LogP contribution in [0.1, 0.15) is 11.3 Å². The molecular weight excluding hydrogens is 617 g/mol. The Morgan fingerprint density at radius 3 is 2.25 bits per heavy atom. The molecule has 13 heteroatoms. The molecule has 44 heavy (non-hydrogen) atoms. The number of fused-ring (bicyclic) bond motifs is 2. The third-order valence-corrected chi connectivity index (χ3v) is 9.96. The maximum absolute atomic E-state index is 12.4. The third kappa shape index (κ3) is 5.15. The molecule has 0 atom stereocenters. The highest BCUT2D eigenvalue weighted by Crippen LogP contribution is 2.39. The minimum Gasteiger partial charge on any atom is -0.492 e. The first-order valence-electron chi connectivity index (χ1n) is 13.3. The molecule has 4 aromatic carbocycles. The summed E-state index contributed by atoms with van der Waals surface area (Å²) in [7, 11) is -4.68. The fourth-order valence-electron chi connectivity index (χ4n) is 4.75. The van der Waals surface area contributed by atoms with E-state index in [2.05, 4.69) is 28.3 Å². The van der Waals surface area contributed by atoms with Gasteiger partial charge in [-0.25, -0.2) is 9.97 Å². The molecule has 0 saturated carbocycles. The first kappa shape index (κ1) is 28.0. The zero-order chi connectivity index (χ0) is 30.6. The van der Waals surface area contributed by atoms with Crippen LogP contribution in [0.2, 0.25) is 0 Å². The van der Waals surface area contributed by atoms with Gasteiger partial charge in [-0.05, 0) is 74.0 Å². The van der Waals surface area contributed by atoms with Crippen molar-refractivity contribution < 1.29 is 18.1 Å². The van der Waals surface area contributed by atoms with Crippen molar-refractivity contribution in [2.24, 2.45) is 10.2 Å². The highest BCUT2D eigenvalue weighted by Gasteiger charge is 2.20. The van der Waals surface area contributed by atoms with Crippen molar-refractivity contribution in [3.8, 4) is 32.7 Å². The van der Waals surface area contributed by atoms with E-state index < -0.39 is 15.0 Å². The van der Waals surface area contributed by atoms with E-state index in [9.17, 15) is 18.1 Å². The fraction of sp³-hybridized carbons (Fsp3) is 0.0645. The monoisotopic (exact) mass is 638 g/mol. The number of azo groups is 1. The molecule has 0 aliphatic heterocycles. The number of para-hydroxylation sites is 1. The molecule has 0 saturated heterocycles. The molecule has 0 aliphatic rings. The quantitative estimate of drug-likeness (QED) is 0.137. The summed E-state index contributed by atoms with van der Waals surface area (Å²) in [5, 5.41) is 24.7. The van der Waals surface area contributed by atoms with Crippen LogP contribution in [0.4, 0.5) is 11.4 Å². The summed E-state index contributed by atoms with van der Waals surface area (Å²) >= 11 is 3.02. The fourth-order valence-corrected chi connectivity index (χ4v) is 7.40. The van der Waals surface area contributed by atoms with Gasteiger partial charge >= 0.3 is 0 Å². The van der Waals surface area contributed by atoms with E-state index in [1.54, 1.807) is 48.6 Å². The van der Waals surface area contributed by atoms with Gasteiger partial charge in [-0.3, -0.25) is 4.55 Å². The molecule has 0 unspecified atom stereocenters. The normalized spacial score (nSPS) is 12.2. The molecule has 3 aromatic heterocycles. The van der Waals surface area contributed by atoms with Crippen LogP contribution in [0.15, 0.2) is 100 Å². The van der Waals surface area contributed by atoms with Crippen molar-refractivity contribution in [3.05, 3.63) is 96.2 Å². The van der Waals surface area contributed by atoms with E-state index in [0.717, 1.165) is 31.0 Å². The number of thiazole rings is 2. The number of benzene rings is 4. The molecule has 218 valence electrons. The van der Waals surface area contributed by atoms with Crippen molar-refractivity contribution in [2.45, 2.75) is 18.7 Å². The van der Waals surface area contributed by atoms with E-state index in [4.69, 9.17) is 9.97 Å². The average Bonchev–Trinajstić information content (AvgIpc) is 3.70. The summed E-state index contributed by atoms with van der Waals surface area (Å²) < 4.78 is 38.2. The number of aromatic hydroxyl groups is 1. The second kappa shape index (κ2) is 10.7. The van der Waals surface area contributed by atoms with E-state index in [0.29, 0.717) is 22.0 Å². The Balaban J connectivity index is 1.23. The van der Waals surface area contributed by atoms with Crippen LogP contribution in [0.25, 0.3) is 47.3 Å². The Morgan fingerprint density at radius 2 is 1.48 bits per heavy atom. The Kier molecular flexibility index (Phi) is 6.81. The van der Waals surface area contributed by atoms with Gasteiger partial charge in [0, 0.05) is 11.1 Å². The first-order chi connectivity index (χ1) is 21.1. The van der Waals surface area contributed by atoms with Crippen molar-refractivity contribution in [1.82, 2.24) is 19.7 Å². The summed E-state index contributed by atoms with van der Waals surface area (Å²) in [5.74, 6) is -0.253. The summed E-state index contributed by atoms with van der Waals surface area (Å²) in [6.07, 6.45) is 0. The topological polar surface area (TPSA) is 143 Å². The van der Waals surface area contributed by atoms with Crippen molar-refractivity contribution in [3.63, 3.8) is 0 Å². The molecular formula is C31H22N6O4S3. The average molecular weight is 639 g/mol. The predicted molar refractivity (Wildman–Crippen MR) is 172 cm³/mol. The molecule has 7 aromatic rings. The van der Waals surface area contributed by atoms with Gasteiger partial charge in [-0.2, -0.15) is 18.2 Å². The molecule has 0 radical (unpaired) electrons. The standard InChI is InChI=1S/C31H22N6O4S3/c1-17-8-11-22-26(14-17)43-29(32-22)19-10-13-25-24(15-19)33-30(42-25)20-9-12-23(27(16-20)44(39,40)41)34-35-28-18(2)36-37(31(28)38)21-6-4-3-5-7-21/h3-16,38H,1-2H3,(H,39,40,41). The molecule has 0 spiro atoms. The van der Waals surface area contributed by atoms with Crippen LogP contribution in [-0.2, 0) is 10.1 Å². The van der Waals surface area contributed by atoms with Gasteiger partial charge in [-0.1, -0.05) is 30.3 Å². The molecule has 0 amide bonds. The lowest BCUT2D eigenvalue weighted by Gasteiger charge is -2.04. The summed E-state index contributed by atoms with van der Waals surface area (Å²) in [5.41, 5.74) is 5.28. The Hall–Kier alpha value is -4.82. The summed E-state index contributed by atoms with van der Waals surface area (Å²) in [6, 6.07) is 25.5. The smallest absolute Gasteiger partial charge is 0.296 e.